The maximum atomic E-state index is 13.6. The minimum atomic E-state index is -4.95. The fourth-order valence-corrected chi connectivity index (χ4v) is 4.24. The number of anilines is 2. The molecule has 2 aromatic rings. The molecule has 3 aliphatic rings. The molecule has 0 radical (unpaired) electrons. The highest BCUT2D eigenvalue weighted by atomic mass is 35.5. The average molecular weight is 723 g/mol. The van der Waals surface area contributed by atoms with Gasteiger partial charge in [-0.25, -0.2) is 9.59 Å². The summed E-state index contributed by atoms with van der Waals surface area (Å²) in [7, 11) is 0. The van der Waals surface area contributed by atoms with Crippen LogP contribution in [0.3, 0.4) is 0 Å². The molecule has 16 heteroatoms. The Morgan fingerprint density at radius 1 is 0.979 bits per heavy atom. The molecule has 1 heterocycles. The van der Waals surface area contributed by atoms with E-state index in [0.717, 1.165) is 37.8 Å². The van der Waals surface area contributed by atoms with Crippen LogP contribution in [0.4, 0.5) is 47.3 Å². The first-order valence-electron chi connectivity index (χ1n) is 14.4. The van der Waals surface area contributed by atoms with Crippen LogP contribution in [-0.2, 0) is 25.4 Å². The van der Waals surface area contributed by atoms with Gasteiger partial charge in [0.1, 0.15) is 0 Å². The number of nitrogens with two attached hydrogens (primary N) is 1. The lowest BCUT2D eigenvalue weighted by molar-refractivity contribution is -0.240. The van der Waals surface area contributed by atoms with Gasteiger partial charge in [-0.15, -0.1) is 0 Å². The summed E-state index contributed by atoms with van der Waals surface area (Å²) in [5, 5.41) is 12.4. The highest BCUT2D eigenvalue weighted by Crippen LogP contribution is 2.48. The summed E-state index contributed by atoms with van der Waals surface area (Å²) in [6.07, 6.45) is -8.56. The predicted molar refractivity (Wildman–Crippen MR) is 165 cm³/mol. The number of nitrogens with one attached hydrogen (secondary N) is 1. The fraction of sp³-hybridized carbons (Fsp3) is 0.438. The number of hydrogen-bond acceptors (Lipinski definition) is 7. The van der Waals surface area contributed by atoms with Crippen LogP contribution in [0.5, 0.6) is 0 Å². The Morgan fingerprint density at radius 2 is 1.52 bits per heavy atom. The van der Waals surface area contributed by atoms with Crippen molar-refractivity contribution >= 4 is 46.8 Å². The second kappa shape index (κ2) is 15.5. The summed E-state index contributed by atoms with van der Waals surface area (Å²) >= 11 is 11.4. The quantitative estimate of drug-likeness (QED) is 0.126. The van der Waals surface area contributed by atoms with Crippen molar-refractivity contribution in [3.8, 4) is 23.7 Å². The third kappa shape index (κ3) is 9.78. The van der Waals surface area contributed by atoms with E-state index in [0.29, 0.717) is 13.2 Å². The van der Waals surface area contributed by atoms with Crippen molar-refractivity contribution in [3.63, 3.8) is 0 Å². The van der Waals surface area contributed by atoms with E-state index in [1.54, 1.807) is 13.8 Å². The summed E-state index contributed by atoms with van der Waals surface area (Å²) in [6, 6.07) is 7.37. The first-order valence-corrected chi connectivity index (χ1v) is 15.2. The first kappa shape index (κ1) is 38.5. The number of alkyl halides is 6. The second-order valence-corrected chi connectivity index (χ2v) is 11.4. The van der Waals surface area contributed by atoms with Gasteiger partial charge in [0.2, 0.25) is 5.60 Å². The van der Waals surface area contributed by atoms with E-state index in [2.05, 4.69) is 37.3 Å². The summed E-state index contributed by atoms with van der Waals surface area (Å²) in [6.45, 7) is 4.21. The highest BCUT2D eigenvalue weighted by Gasteiger charge is 2.62. The zero-order valence-electron chi connectivity index (χ0n) is 25.5. The first-order chi connectivity index (χ1) is 22.4. The Labute approximate surface area is 282 Å². The number of fused-ring (bicyclic) bond motifs is 1. The standard InChI is InChI=1S/C14H9ClF3NO2.C13H11ClF3NO.C5H10O3/c15-9-3-4-11-10(7-9)13(14(16,17)18,21-12(20)19-11)6-5-8-1-2-8;14-9-3-4-11(18)10(7-9)12(19,13(15,16)17)6-5-8-1-2-8;1-3-7-5(6)8-4-2/h3-4,7-8H,1-2H2,(H,19,20);3-4,7-8,19H,1-2,18H2;3-4H2,1-2H3/t13-;12-;/m00./s1. The van der Waals surface area contributed by atoms with Gasteiger partial charge in [-0.3, -0.25) is 5.32 Å². The second-order valence-electron chi connectivity index (χ2n) is 10.5. The van der Waals surface area contributed by atoms with Crippen LogP contribution in [0, 0.1) is 35.5 Å². The van der Waals surface area contributed by atoms with Crippen LogP contribution < -0.4 is 11.1 Å². The average Bonchev–Trinajstić information content (AvgIpc) is 3.92. The van der Waals surface area contributed by atoms with Crippen molar-refractivity contribution in [1.82, 2.24) is 0 Å². The zero-order chi connectivity index (χ0) is 35.9. The van der Waals surface area contributed by atoms with E-state index >= 15 is 0 Å². The van der Waals surface area contributed by atoms with E-state index in [1.807, 2.05) is 5.92 Å². The summed E-state index contributed by atoms with van der Waals surface area (Å²) in [4.78, 5) is 21.7. The minimum Gasteiger partial charge on any atom is -0.435 e. The van der Waals surface area contributed by atoms with Gasteiger partial charge in [-0.05, 0) is 81.8 Å². The SMILES string of the molecule is CCOC(=O)OCC.Nc1ccc(Cl)cc1[C@@](O)(C#CC1CC1)C(F)(F)F.O=C1Nc2ccc(Cl)cc2[C@@](C#CC2CC2)(C(F)(F)F)O1. The van der Waals surface area contributed by atoms with Crippen molar-refractivity contribution in [3.05, 3.63) is 57.6 Å². The highest BCUT2D eigenvalue weighted by molar-refractivity contribution is 6.31. The number of benzene rings is 2. The lowest BCUT2D eigenvalue weighted by Crippen LogP contribution is -2.49. The molecular weight excluding hydrogens is 693 g/mol. The number of amides is 1. The molecule has 2 aliphatic carbocycles. The molecular formula is C32H30Cl2F6N2O6. The van der Waals surface area contributed by atoms with Gasteiger partial charge >= 0.3 is 24.6 Å². The Kier molecular flexibility index (Phi) is 12.4. The summed E-state index contributed by atoms with van der Waals surface area (Å²) in [5.74, 6) is 8.88. The molecule has 2 atom stereocenters. The smallest absolute Gasteiger partial charge is 0.435 e. The molecule has 1 amide bonds. The van der Waals surface area contributed by atoms with Crippen LogP contribution in [0.15, 0.2) is 36.4 Å². The number of ether oxygens (including phenoxy) is 3. The maximum Gasteiger partial charge on any atom is 0.508 e. The van der Waals surface area contributed by atoms with Crippen LogP contribution in [0.2, 0.25) is 10.0 Å². The number of hydrogen-bond donors (Lipinski definition) is 3. The molecule has 2 fully saturated rings. The monoisotopic (exact) mass is 722 g/mol. The molecule has 1 aliphatic heterocycles. The summed E-state index contributed by atoms with van der Waals surface area (Å²) in [5.41, 5.74) is -1.78. The van der Waals surface area contributed by atoms with Gasteiger partial charge in [0, 0.05) is 38.7 Å². The lowest BCUT2D eigenvalue weighted by Gasteiger charge is -2.35. The van der Waals surface area contributed by atoms with E-state index < -0.39 is 41.4 Å². The molecule has 4 N–H and O–H groups in total. The molecule has 2 saturated carbocycles. The minimum absolute atomic E-state index is 0.00179. The topological polar surface area (TPSA) is 120 Å². The molecule has 0 spiro atoms. The molecule has 8 nitrogen and oxygen atoms in total. The van der Waals surface area contributed by atoms with E-state index in [4.69, 9.17) is 28.9 Å². The number of nitrogen functional groups attached to an aromatic ring is 1. The number of rotatable bonds is 3. The van der Waals surface area contributed by atoms with Gasteiger partial charge in [-0.2, -0.15) is 26.3 Å². The van der Waals surface area contributed by atoms with Gasteiger partial charge < -0.3 is 25.1 Å². The molecule has 0 unspecified atom stereocenters. The third-order valence-corrected chi connectivity index (χ3v) is 7.12. The van der Waals surface area contributed by atoms with E-state index in [9.17, 15) is 41.0 Å². The lowest BCUT2D eigenvalue weighted by atomic mass is 9.90. The van der Waals surface area contributed by atoms with Gasteiger partial charge in [0.15, 0.2) is 0 Å². The molecule has 2 aromatic carbocycles. The molecule has 5 rings (SSSR count). The van der Waals surface area contributed by atoms with Crippen molar-refractivity contribution in [2.45, 2.75) is 63.1 Å². The van der Waals surface area contributed by atoms with Crippen LogP contribution in [0.1, 0.15) is 50.7 Å². The third-order valence-electron chi connectivity index (χ3n) is 6.65. The molecule has 0 saturated heterocycles. The Bertz CT molecular complexity index is 1620. The molecule has 0 aromatic heterocycles. The Balaban J connectivity index is 0.000000215. The van der Waals surface area contributed by atoms with Gasteiger partial charge in [0.05, 0.1) is 18.9 Å². The van der Waals surface area contributed by atoms with Gasteiger partial charge in [-0.1, -0.05) is 41.0 Å². The van der Waals surface area contributed by atoms with E-state index in [1.165, 1.54) is 24.3 Å². The van der Waals surface area contributed by atoms with Crippen LogP contribution in [-0.4, -0.2) is 42.9 Å². The van der Waals surface area contributed by atoms with Crippen molar-refractivity contribution in [2.75, 3.05) is 24.3 Å². The van der Waals surface area contributed by atoms with E-state index in [-0.39, 0.29) is 38.8 Å². The zero-order valence-corrected chi connectivity index (χ0v) is 27.0. The fourth-order valence-electron chi connectivity index (χ4n) is 3.90. The Hall–Kier alpha value is -3.98. The maximum absolute atomic E-state index is 13.6. The largest absolute Gasteiger partial charge is 0.508 e. The number of halogens is 8. The molecule has 0 bridgehead atoms. The number of cyclic esters (lactones) is 1. The van der Waals surface area contributed by atoms with Crippen molar-refractivity contribution in [1.29, 1.82) is 0 Å². The van der Waals surface area contributed by atoms with Gasteiger partial charge in [0.25, 0.3) is 5.60 Å². The normalized spacial score (nSPS) is 19.3. The predicted octanol–water partition coefficient (Wildman–Crippen LogP) is 8.34. The van der Waals surface area contributed by atoms with Crippen molar-refractivity contribution in [2.24, 2.45) is 11.8 Å². The number of aliphatic hydroxyl groups is 1. The summed E-state index contributed by atoms with van der Waals surface area (Å²) < 4.78 is 93.6. The number of carbonyl (C=O) groups is 2. The van der Waals surface area contributed by atoms with Crippen molar-refractivity contribution < 1.29 is 55.2 Å². The van der Waals surface area contributed by atoms with Crippen LogP contribution >= 0.6 is 23.2 Å². The Morgan fingerprint density at radius 3 is 2.04 bits per heavy atom. The molecule has 260 valence electrons. The number of carbonyl (C=O) groups excluding carboxylic acids is 2. The van der Waals surface area contributed by atoms with Crippen LogP contribution in [0.25, 0.3) is 0 Å². The molecule has 48 heavy (non-hydrogen) atoms.